The molecule has 0 bridgehead atoms. The van der Waals surface area contributed by atoms with Crippen molar-refractivity contribution in [1.82, 2.24) is 4.90 Å². The lowest BCUT2D eigenvalue weighted by Gasteiger charge is -2.29. The van der Waals surface area contributed by atoms with Crippen LogP contribution in [-0.2, 0) is 16.1 Å². The van der Waals surface area contributed by atoms with Crippen LogP contribution < -0.4 is 0 Å². The summed E-state index contributed by atoms with van der Waals surface area (Å²) in [5.41, 5.74) is 1.14. The van der Waals surface area contributed by atoms with Crippen LogP contribution in [0.25, 0.3) is 0 Å². The van der Waals surface area contributed by atoms with Crippen molar-refractivity contribution in [3.63, 3.8) is 0 Å². The van der Waals surface area contributed by atoms with Gasteiger partial charge in [-0.1, -0.05) is 37.3 Å². The molecule has 1 fully saturated rings. The van der Waals surface area contributed by atoms with Gasteiger partial charge in [0.15, 0.2) is 0 Å². The van der Waals surface area contributed by atoms with Crippen molar-refractivity contribution >= 4 is 5.97 Å². The smallest absolute Gasteiger partial charge is 0.310 e. The van der Waals surface area contributed by atoms with Crippen molar-refractivity contribution < 1.29 is 13.9 Å². The number of carbonyl (C=O) groups excluding carboxylic acids is 1. The van der Waals surface area contributed by atoms with Gasteiger partial charge in [-0.25, -0.2) is 4.39 Å². The first kappa shape index (κ1) is 15.0. The molecule has 110 valence electrons. The third kappa shape index (κ3) is 3.37. The Labute approximate surface area is 119 Å². The number of halogens is 1. The van der Waals surface area contributed by atoms with E-state index in [9.17, 15) is 9.18 Å². The average Bonchev–Trinajstić information content (AvgIpc) is 2.80. The van der Waals surface area contributed by atoms with E-state index < -0.39 is 12.1 Å². The standard InChI is InChI=1S/C16H22FNO2/c1-3-20-16(19)12(2)15-14(17)9-10-18(15)11-13-7-5-4-6-8-13/h4-8,12,14-15H,3,9-11H2,1-2H3/t12-,14+,15-/m1/s1. The Bertz CT molecular complexity index is 437. The fourth-order valence-electron chi connectivity index (χ4n) is 2.88. The van der Waals surface area contributed by atoms with Gasteiger partial charge in [-0.05, 0) is 18.9 Å². The normalized spacial score (nSPS) is 24.6. The van der Waals surface area contributed by atoms with Gasteiger partial charge in [0.1, 0.15) is 6.17 Å². The summed E-state index contributed by atoms with van der Waals surface area (Å²) in [6, 6.07) is 9.58. The summed E-state index contributed by atoms with van der Waals surface area (Å²) >= 11 is 0. The highest BCUT2D eigenvalue weighted by atomic mass is 19.1. The zero-order valence-electron chi connectivity index (χ0n) is 12.1. The van der Waals surface area contributed by atoms with E-state index in [1.807, 2.05) is 30.3 Å². The van der Waals surface area contributed by atoms with Gasteiger partial charge in [-0.3, -0.25) is 9.69 Å². The van der Waals surface area contributed by atoms with Crippen molar-refractivity contribution in [2.24, 2.45) is 5.92 Å². The van der Waals surface area contributed by atoms with Crippen molar-refractivity contribution in [3.05, 3.63) is 35.9 Å². The van der Waals surface area contributed by atoms with Crippen molar-refractivity contribution in [2.45, 2.75) is 39.0 Å². The second kappa shape index (κ2) is 6.84. The SMILES string of the molecule is CCOC(=O)[C@H](C)[C@@H]1[C@@H](F)CCN1Cc1ccccc1. The van der Waals surface area contributed by atoms with Crippen LogP contribution in [0.1, 0.15) is 25.8 Å². The van der Waals surface area contributed by atoms with E-state index in [0.717, 1.165) is 5.56 Å². The lowest BCUT2D eigenvalue weighted by atomic mass is 9.98. The molecule has 0 unspecified atom stereocenters. The van der Waals surface area contributed by atoms with Gasteiger partial charge in [0.05, 0.1) is 18.6 Å². The summed E-state index contributed by atoms with van der Waals surface area (Å²) < 4.78 is 19.2. The van der Waals surface area contributed by atoms with Crippen LogP contribution >= 0.6 is 0 Å². The van der Waals surface area contributed by atoms with Crippen LogP contribution in [0.2, 0.25) is 0 Å². The Kier molecular flexibility index (Phi) is 5.12. The topological polar surface area (TPSA) is 29.5 Å². The second-order valence-corrected chi connectivity index (χ2v) is 5.29. The van der Waals surface area contributed by atoms with Gasteiger partial charge < -0.3 is 4.74 Å². The van der Waals surface area contributed by atoms with E-state index in [2.05, 4.69) is 4.90 Å². The van der Waals surface area contributed by atoms with Crippen LogP contribution in [0.5, 0.6) is 0 Å². The Morgan fingerprint density at radius 3 is 2.80 bits per heavy atom. The van der Waals surface area contributed by atoms with Gasteiger partial charge in [0.25, 0.3) is 0 Å². The van der Waals surface area contributed by atoms with E-state index in [1.165, 1.54) is 0 Å². The molecule has 0 N–H and O–H groups in total. The Morgan fingerprint density at radius 2 is 2.15 bits per heavy atom. The van der Waals surface area contributed by atoms with E-state index >= 15 is 0 Å². The third-order valence-electron chi connectivity index (χ3n) is 3.88. The first-order valence-corrected chi connectivity index (χ1v) is 7.22. The lowest BCUT2D eigenvalue weighted by Crippen LogP contribution is -2.42. The average molecular weight is 279 g/mol. The molecule has 0 amide bonds. The molecule has 0 aromatic heterocycles. The summed E-state index contributed by atoms with van der Waals surface area (Å²) in [5.74, 6) is -0.740. The van der Waals surface area contributed by atoms with E-state index in [0.29, 0.717) is 26.1 Å². The highest BCUT2D eigenvalue weighted by molar-refractivity contribution is 5.73. The minimum absolute atomic E-state index is 0.305. The Balaban J connectivity index is 2.06. The zero-order valence-corrected chi connectivity index (χ0v) is 12.1. The molecular formula is C16H22FNO2. The van der Waals surface area contributed by atoms with Crippen LogP contribution in [0.4, 0.5) is 4.39 Å². The molecular weight excluding hydrogens is 257 g/mol. The summed E-state index contributed by atoms with van der Waals surface area (Å²) in [6.45, 7) is 5.23. The van der Waals surface area contributed by atoms with Gasteiger partial charge in [-0.2, -0.15) is 0 Å². The van der Waals surface area contributed by atoms with E-state index in [1.54, 1.807) is 13.8 Å². The number of esters is 1. The van der Waals surface area contributed by atoms with Crippen molar-refractivity contribution in [2.75, 3.05) is 13.2 Å². The lowest BCUT2D eigenvalue weighted by molar-refractivity contribution is -0.150. The molecule has 1 aliphatic rings. The summed E-state index contributed by atoms with van der Waals surface area (Å²) in [5, 5.41) is 0. The summed E-state index contributed by atoms with van der Waals surface area (Å²) in [6.07, 6.45) is -0.473. The van der Waals surface area contributed by atoms with Crippen LogP contribution in [-0.4, -0.2) is 36.2 Å². The number of rotatable bonds is 5. The van der Waals surface area contributed by atoms with Gasteiger partial charge in [0.2, 0.25) is 0 Å². The minimum atomic E-state index is -0.960. The molecule has 0 saturated carbocycles. The molecule has 0 radical (unpaired) electrons. The largest absolute Gasteiger partial charge is 0.466 e. The molecule has 4 heteroatoms. The highest BCUT2D eigenvalue weighted by Crippen LogP contribution is 2.29. The molecule has 3 nitrogen and oxygen atoms in total. The number of likely N-dealkylation sites (tertiary alicyclic amines) is 1. The number of alkyl halides is 1. The maximum absolute atomic E-state index is 14.1. The molecule has 1 saturated heterocycles. The fraction of sp³-hybridized carbons (Fsp3) is 0.562. The molecule has 1 aromatic rings. The van der Waals surface area contributed by atoms with Gasteiger partial charge >= 0.3 is 5.97 Å². The van der Waals surface area contributed by atoms with E-state index in [4.69, 9.17) is 4.74 Å². The maximum Gasteiger partial charge on any atom is 0.310 e. The fourth-order valence-corrected chi connectivity index (χ4v) is 2.88. The number of hydrogen-bond donors (Lipinski definition) is 0. The monoisotopic (exact) mass is 279 g/mol. The maximum atomic E-state index is 14.1. The number of nitrogens with zero attached hydrogens (tertiary/aromatic N) is 1. The van der Waals surface area contributed by atoms with Gasteiger partial charge in [-0.15, -0.1) is 0 Å². The minimum Gasteiger partial charge on any atom is -0.466 e. The molecule has 1 aromatic carbocycles. The Hall–Kier alpha value is -1.42. The summed E-state index contributed by atoms with van der Waals surface area (Å²) in [4.78, 5) is 13.9. The predicted octanol–water partition coefficient (Wildman–Crippen LogP) is 2.80. The first-order valence-electron chi connectivity index (χ1n) is 7.22. The van der Waals surface area contributed by atoms with Crippen molar-refractivity contribution in [1.29, 1.82) is 0 Å². The molecule has 2 rings (SSSR count). The quantitative estimate of drug-likeness (QED) is 0.776. The number of hydrogen-bond acceptors (Lipinski definition) is 3. The third-order valence-corrected chi connectivity index (χ3v) is 3.88. The van der Waals surface area contributed by atoms with E-state index in [-0.39, 0.29) is 12.0 Å². The number of benzene rings is 1. The highest BCUT2D eigenvalue weighted by Gasteiger charge is 2.41. The number of ether oxygens (including phenoxy) is 1. The second-order valence-electron chi connectivity index (χ2n) is 5.29. The summed E-state index contributed by atoms with van der Waals surface area (Å²) in [7, 11) is 0. The molecule has 1 aliphatic heterocycles. The number of carbonyl (C=O) groups is 1. The first-order chi connectivity index (χ1) is 9.63. The molecule has 1 heterocycles. The van der Waals surface area contributed by atoms with Crippen molar-refractivity contribution in [3.8, 4) is 0 Å². The molecule has 0 aliphatic carbocycles. The van der Waals surface area contributed by atoms with Crippen LogP contribution in [0.15, 0.2) is 30.3 Å². The predicted molar refractivity (Wildman–Crippen MR) is 76.0 cm³/mol. The molecule has 20 heavy (non-hydrogen) atoms. The molecule has 3 atom stereocenters. The molecule has 0 spiro atoms. The Morgan fingerprint density at radius 1 is 1.45 bits per heavy atom. The zero-order chi connectivity index (χ0) is 14.5. The van der Waals surface area contributed by atoms with Crippen LogP contribution in [0, 0.1) is 5.92 Å². The van der Waals surface area contributed by atoms with Gasteiger partial charge in [0, 0.05) is 13.1 Å². The van der Waals surface area contributed by atoms with Crippen LogP contribution in [0.3, 0.4) is 0 Å².